The summed E-state index contributed by atoms with van der Waals surface area (Å²) in [6, 6.07) is 9.18. The molecule has 1 amide bonds. The van der Waals surface area contributed by atoms with Crippen molar-refractivity contribution >= 4 is 29.7 Å². The lowest BCUT2D eigenvalue weighted by molar-refractivity contribution is 0.0984. The number of nitrogens with zero attached hydrogens (tertiary/aromatic N) is 1. The van der Waals surface area contributed by atoms with E-state index < -0.39 is 0 Å². The smallest absolute Gasteiger partial charge is 0.258 e. The fourth-order valence-corrected chi connectivity index (χ4v) is 3.53. The minimum Gasteiger partial charge on any atom is -0.490 e. The van der Waals surface area contributed by atoms with Crippen LogP contribution in [-0.2, 0) is 6.42 Å². The molecule has 1 aliphatic rings. The van der Waals surface area contributed by atoms with Crippen molar-refractivity contribution in [2.75, 3.05) is 37.0 Å². The quantitative estimate of drug-likeness (QED) is 0.668. The number of halogens is 1. The molecule has 0 unspecified atom stereocenters. The third-order valence-corrected chi connectivity index (χ3v) is 4.69. The second-order valence-corrected chi connectivity index (χ2v) is 6.51. The topological polar surface area (TPSA) is 74.0 Å². The summed E-state index contributed by atoms with van der Waals surface area (Å²) < 4.78 is 17.2. The summed E-state index contributed by atoms with van der Waals surface area (Å²) in [5, 5.41) is 0. The SMILES string of the molecule is CCOc1cc(C(=O)N2CCCc3c(N)cccc32)cc(OCC)c1OCC.Cl. The highest BCUT2D eigenvalue weighted by molar-refractivity contribution is 6.07. The number of carbonyl (C=O) groups excluding carboxylic acids is 1. The summed E-state index contributed by atoms with van der Waals surface area (Å²) in [5.41, 5.74) is 9.27. The number of carbonyl (C=O) groups is 1. The molecule has 0 bridgehead atoms. The van der Waals surface area contributed by atoms with Gasteiger partial charge in [-0.3, -0.25) is 4.79 Å². The van der Waals surface area contributed by atoms with Crippen molar-refractivity contribution in [2.45, 2.75) is 33.6 Å². The Balaban J connectivity index is 0.00000300. The normalized spacial score (nSPS) is 12.6. The van der Waals surface area contributed by atoms with Crippen molar-refractivity contribution in [3.8, 4) is 17.2 Å². The van der Waals surface area contributed by atoms with Crippen LogP contribution in [0.3, 0.4) is 0 Å². The standard InChI is InChI=1S/C22H28N2O4.ClH/c1-4-26-19-13-15(14-20(27-5-2)21(19)28-6-3)22(25)24-12-8-9-16-17(23)10-7-11-18(16)24;/h7,10-11,13-14H,4-6,8-9,12,23H2,1-3H3;1H. The van der Waals surface area contributed by atoms with Gasteiger partial charge in [0, 0.05) is 23.5 Å². The monoisotopic (exact) mass is 420 g/mol. The molecule has 0 atom stereocenters. The lowest BCUT2D eigenvalue weighted by atomic mass is 9.99. The number of nitrogen functional groups attached to an aromatic ring is 1. The van der Waals surface area contributed by atoms with Crippen LogP contribution in [-0.4, -0.2) is 32.3 Å². The summed E-state index contributed by atoms with van der Waals surface area (Å²) in [5.74, 6) is 1.47. The van der Waals surface area contributed by atoms with Crippen LogP contribution in [0.5, 0.6) is 17.2 Å². The zero-order valence-electron chi connectivity index (χ0n) is 17.2. The van der Waals surface area contributed by atoms with Gasteiger partial charge in [0.05, 0.1) is 19.8 Å². The fraction of sp³-hybridized carbons (Fsp3) is 0.409. The predicted octanol–water partition coefficient (Wildman–Crippen LogP) is 4.48. The highest BCUT2D eigenvalue weighted by Gasteiger charge is 2.27. The Morgan fingerprint density at radius 2 is 1.66 bits per heavy atom. The third-order valence-electron chi connectivity index (χ3n) is 4.69. The molecule has 6 nitrogen and oxygen atoms in total. The van der Waals surface area contributed by atoms with Crippen molar-refractivity contribution in [3.05, 3.63) is 41.5 Å². The molecule has 2 N–H and O–H groups in total. The number of hydrogen-bond acceptors (Lipinski definition) is 5. The summed E-state index contributed by atoms with van der Waals surface area (Å²) in [6.07, 6.45) is 1.75. The van der Waals surface area contributed by atoms with E-state index in [2.05, 4.69) is 0 Å². The summed E-state index contributed by atoms with van der Waals surface area (Å²) in [4.78, 5) is 15.2. The number of ether oxygens (including phenoxy) is 3. The maximum atomic E-state index is 13.4. The molecule has 0 aliphatic carbocycles. The molecular weight excluding hydrogens is 392 g/mol. The van der Waals surface area contributed by atoms with E-state index in [0.717, 1.165) is 29.8 Å². The molecule has 7 heteroatoms. The molecule has 1 heterocycles. The summed E-state index contributed by atoms with van der Waals surface area (Å²) in [7, 11) is 0. The zero-order chi connectivity index (χ0) is 20.1. The maximum absolute atomic E-state index is 13.4. The van der Waals surface area contributed by atoms with Crippen molar-refractivity contribution in [1.29, 1.82) is 0 Å². The number of benzene rings is 2. The van der Waals surface area contributed by atoms with Crippen LogP contribution in [0.1, 0.15) is 43.1 Å². The molecule has 0 spiro atoms. The zero-order valence-corrected chi connectivity index (χ0v) is 18.0. The van der Waals surface area contributed by atoms with E-state index in [1.807, 2.05) is 39.0 Å². The van der Waals surface area contributed by atoms with Gasteiger partial charge in [-0.05, 0) is 63.4 Å². The molecule has 1 aliphatic heterocycles. The van der Waals surface area contributed by atoms with E-state index in [1.165, 1.54) is 0 Å². The van der Waals surface area contributed by atoms with Gasteiger partial charge in [0.2, 0.25) is 5.75 Å². The van der Waals surface area contributed by atoms with Crippen LogP contribution >= 0.6 is 12.4 Å². The van der Waals surface area contributed by atoms with Crippen molar-refractivity contribution in [2.24, 2.45) is 0 Å². The molecule has 0 saturated heterocycles. The van der Waals surface area contributed by atoms with Gasteiger partial charge >= 0.3 is 0 Å². The average Bonchev–Trinajstić information content (AvgIpc) is 2.70. The lowest BCUT2D eigenvalue weighted by Crippen LogP contribution is -2.35. The Kier molecular flexibility index (Phi) is 8.02. The van der Waals surface area contributed by atoms with E-state index in [-0.39, 0.29) is 18.3 Å². The van der Waals surface area contributed by atoms with Gasteiger partial charge in [0.25, 0.3) is 5.91 Å². The maximum Gasteiger partial charge on any atom is 0.258 e. The van der Waals surface area contributed by atoms with Gasteiger partial charge in [-0.1, -0.05) is 6.07 Å². The lowest BCUT2D eigenvalue weighted by Gasteiger charge is -2.30. The Labute approximate surface area is 178 Å². The first-order valence-electron chi connectivity index (χ1n) is 9.86. The van der Waals surface area contributed by atoms with E-state index in [4.69, 9.17) is 19.9 Å². The fourth-order valence-electron chi connectivity index (χ4n) is 3.53. The molecule has 2 aromatic carbocycles. The second kappa shape index (κ2) is 10.3. The molecule has 29 heavy (non-hydrogen) atoms. The van der Waals surface area contributed by atoms with E-state index in [9.17, 15) is 4.79 Å². The van der Waals surface area contributed by atoms with Crippen LogP contribution in [0.4, 0.5) is 11.4 Å². The first-order chi connectivity index (χ1) is 13.6. The highest BCUT2D eigenvalue weighted by atomic mass is 35.5. The Hall–Kier alpha value is -2.60. The van der Waals surface area contributed by atoms with Crippen LogP contribution < -0.4 is 24.8 Å². The van der Waals surface area contributed by atoms with Gasteiger partial charge in [-0.25, -0.2) is 0 Å². The first kappa shape index (κ1) is 22.7. The molecule has 3 rings (SSSR count). The van der Waals surface area contributed by atoms with E-state index in [0.29, 0.717) is 49.2 Å². The van der Waals surface area contributed by atoms with Gasteiger partial charge in [0.15, 0.2) is 11.5 Å². The molecule has 0 aromatic heterocycles. The Bertz CT molecular complexity index is 830. The van der Waals surface area contributed by atoms with Crippen LogP contribution in [0.2, 0.25) is 0 Å². The second-order valence-electron chi connectivity index (χ2n) is 6.51. The number of nitrogens with two attached hydrogens (primary N) is 1. The van der Waals surface area contributed by atoms with Gasteiger partial charge in [0.1, 0.15) is 0 Å². The minimum atomic E-state index is -0.100. The molecule has 2 aromatic rings. The Morgan fingerprint density at radius 3 is 2.24 bits per heavy atom. The molecule has 0 radical (unpaired) electrons. The third kappa shape index (κ3) is 4.70. The van der Waals surface area contributed by atoms with Gasteiger partial charge < -0.3 is 24.8 Å². The summed E-state index contributed by atoms with van der Waals surface area (Å²) in [6.45, 7) is 7.75. The number of amides is 1. The number of fused-ring (bicyclic) bond motifs is 1. The molecule has 158 valence electrons. The van der Waals surface area contributed by atoms with Crippen LogP contribution in [0.15, 0.2) is 30.3 Å². The predicted molar refractivity (Wildman–Crippen MR) is 118 cm³/mol. The number of rotatable bonds is 7. The van der Waals surface area contributed by atoms with E-state index >= 15 is 0 Å². The van der Waals surface area contributed by atoms with Crippen molar-refractivity contribution in [3.63, 3.8) is 0 Å². The number of anilines is 2. The average molecular weight is 421 g/mol. The Morgan fingerprint density at radius 1 is 1.03 bits per heavy atom. The molecule has 0 saturated carbocycles. The van der Waals surface area contributed by atoms with Gasteiger partial charge in [-0.2, -0.15) is 0 Å². The number of hydrogen-bond donors (Lipinski definition) is 1. The first-order valence-corrected chi connectivity index (χ1v) is 9.86. The summed E-state index contributed by atoms with van der Waals surface area (Å²) >= 11 is 0. The minimum absolute atomic E-state index is 0. The molecule has 0 fully saturated rings. The van der Waals surface area contributed by atoms with Crippen molar-refractivity contribution in [1.82, 2.24) is 0 Å². The van der Waals surface area contributed by atoms with Gasteiger partial charge in [-0.15, -0.1) is 12.4 Å². The highest BCUT2D eigenvalue weighted by Crippen LogP contribution is 2.40. The van der Waals surface area contributed by atoms with Crippen molar-refractivity contribution < 1.29 is 19.0 Å². The largest absolute Gasteiger partial charge is 0.490 e. The van der Waals surface area contributed by atoms with E-state index in [1.54, 1.807) is 17.0 Å². The van der Waals surface area contributed by atoms with Crippen LogP contribution in [0, 0.1) is 0 Å². The van der Waals surface area contributed by atoms with Crippen LogP contribution in [0.25, 0.3) is 0 Å². The molecular formula is C22H29ClN2O4.